The Labute approximate surface area is 193 Å². The number of ether oxygens (including phenoxy) is 6. The number of hydrogen-bond acceptors (Lipinski definition) is 8. The van der Waals surface area contributed by atoms with Crippen LogP contribution in [0, 0.1) is 0 Å². The molecular weight excluding hydrogens is 404 g/mol. The van der Waals surface area contributed by atoms with Crippen LogP contribution in [0.3, 0.4) is 0 Å². The summed E-state index contributed by atoms with van der Waals surface area (Å²) in [6.45, 7) is 21.2. The first-order chi connectivity index (χ1) is 14.4. The molecule has 0 atom stereocenters. The van der Waals surface area contributed by atoms with Crippen LogP contribution in [0.5, 0.6) is 0 Å². The zero-order valence-electron chi connectivity index (χ0n) is 23.4. The predicted octanol–water partition coefficient (Wildman–Crippen LogP) is 5.61. The summed E-state index contributed by atoms with van der Waals surface area (Å²) in [6, 6.07) is 0. The third kappa shape index (κ3) is 52.8. The van der Waals surface area contributed by atoms with Crippen molar-refractivity contribution in [3.63, 3.8) is 0 Å². The van der Waals surface area contributed by atoms with Gasteiger partial charge in [-0.05, 0) is 34.6 Å². The Morgan fingerprint density at radius 1 is 0.581 bits per heavy atom. The summed E-state index contributed by atoms with van der Waals surface area (Å²) in [5.74, 6) is -1.11. The highest BCUT2D eigenvalue weighted by Crippen LogP contribution is 2.05. The van der Waals surface area contributed by atoms with Gasteiger partial charge in [-0.1, -0.05) is 41.5 Å². The molecule has 8 heteroatoms. The van der Waals surface area contributed by atoms with Crippen molar-refractivity contribution in [1.29, 1.82) is 0 Å². The number of carbonyl (C=O) groups is 2. The molecule has 31 heavy (non-hydrogen) atoms. The summed E-state index contributed by atoms with van der Waals surface area (Å²) in [6.07, 6.45) is 0.949. The Kier molecular flexibility index (Phi) is 47.0. The van der Waals surface area contributed by atoms with Crippen LogP contribution in [-0.2, 0) is 38.0 Å². The molecule has 0 aliphatic carbocycles. The van der Waals surface area contributed by atoms with Gasteiger partial charge in [0.1, 0.15) is 0 Å². The molecule has 0 saturated heterocycles. The average molecular weight is 459 g/mol. The van der Waals surface area contributed by atoms with Crippen molar-refractivity contribution in [2.75, 3.05) is 42.2 Å². The van der Waals surface area contributed by atoms with E-state index in [1.807, 2.05) is 55.4 Å². The molecule has 0 bridgehead atoms. The molecule has 0 amide bonds. The summed E-state index contributed by atoms with van der Waals surface area (Å²) >= 11 is 0. The second-order valence-corrected chi connectivity index (χ2v) is 5.70. The molecule has 0 aliphatic rings. The normalized spacial score (nSPS) is 9.16. The smallest absolute Gasteiger partial charge is 0.305 e. The van der Waals surface area contributed by atoms with E-state index >= 15 is 0 Å². The molecule has 0 spiro atoms. The number of hydrogen-bond donors (Lipinski definition) is 0. The molecule has 0 radical (unpaired) electrons. The van der Waals surface area contributed by atoms with Crippen LogP contribution in [0.4, 0.5) is 0 Å². The van der Waals surface area contributed by atoms with E-state index in [1.165, 1.54) is 7.11 Å². The van der Waals surface area contributed by atoms with Crippen LogP contribution >= 0.6 is 0 Å². The van der Waals surface area contributed by atoms with Crippen molar-refractivity contribution in [1.82, 2.24) is 0 Å². The van der Waals surface area contributed by atoms with Crippen LogP contribution in [0.15, 0.2) is 0 Å². The van der Waals surface area contributed by atoms with Crippen LogP contribution in [0.25, 0.3) is 0 Å². The SMILES string of the molecule is CC.CC.CCC(=O)OC.CCOC(=O)CC.COC(C)(C)OC.COC(C)(C)OC. The van der Waals surface area contributed by atoms with Gasteiger partial charge in [-0.3, -0.25) is 9.59 Å². The van der Waals surface area contributed by atoms with Gasteiger partial charge in [-0.15, -0.1) is 0 Å². The lowest BCUT2D eigenvalue weighted by Crippen LogP contribution is -2.24. The zero-order valence-corrected chi connectivity index (χ0v) is 23.4. The topological polar surface area (TPSA) is 89.5 Å². The van der Waals surface area contributed by atoms with Crippen molar-refractivity contribution < 1.29 is 38.0 Å². The molecule has 0 N–H and O–H groups in total. The van der Waals surface area contributed by atoms with Crippen LogP contribution in [0.1, 0.15) is 89.0 Å². The first-order valence-electron chi connectivity index (χ1n) is 10.8. The fourth-order valence-electron chi connectivity index (χ4n) is 0.574. The molecule has 0 aliphatic heterocycles. The predicted molar refractivity (Wildman–Crippen MR) is 128 cm³/mol. The Balaban J connectivity index is -0.0000000637. The minimum atomic E-state index is -0.417. The summed E-state index contributed by atoms with van der Waals surface area (Å²) < 4.78 is 28.3. The van der Waals surface area contributed by atoms with Crippen LogP contribution < -0.4 is 0 Å². The fourth-order valence-corrected chi connectivity index (χ4v) is 0.574. The summed E-state index contributed by atoms with van der Waals surface area (Å²) in [5, 5.41) is 0. The first kappa shape index (κ1) is 43.6. The molecule has 194 valence electrons. The minimum absolute atomic E-state index is 0.123. The molecule has 8 nitrogen and oxygen atoms in total. The quantitative estimate of drug-likeness (QED) is 0.359. The summed E-state index contributed by atoms with van der Waals surface area (Å²) in [7, 11) is 7.84. The fraction of sp³-hybridized carbons (Fsp3) is 0.913. The number of esters is 2. The number of rotatable bonds is 7. The standard InChI is InChI=1S/2C5H12O2.C5H10O2.C4H8O2.2C2H6/c2*1-5(2,6-3)7-4;1-3-5(6)7-4-2;1-3-4(5)6-2;2*1-2/h2*1-4H3;3-4H2,1-2H3;3H2,1-2H3;2*1-2H3. The van der Waals surface area contributed by atoms with Crippen LogP contribution in [0.2, 0.25) is 0 Å². The highest BCUT2D eigenvalue weighted by molar-refractivity contribution is 5.68. The van der Waals surface area contributed by atoms with E-state index in [9.17, 15) is 9.59 Å². The average Bonchev–Trinajstić information content (AvgIpc) is 2.82. The third-order valence-corrected chi connectivity index (χ3v) is 3.08. The lowest BCUT2D eigenvalue weighted by Gasteiger charge is -2.19. The van der Waals surface area contributed by atoms with E-state index in [0.29, 0.717) is 19.4 Å². The van der Waals surface area contributed by atoms with Gasteiger partial charge < -0.3 is 28.4 Å². The highest BCUT2D eigenvalue weighted by atomic mass is 16.7. The van der Waals surface area contributed by atoms with Crippen molar-refractivity contribution in [2.24, 2.45) is 0 Å². The van der Waals surface area contributed by atoms with E-state index in [-0.39, 0.29) is 11.9 Å². The molecule has 0 aromatic heterocycles. The molecular formula is C23H54O8. The first-order valence-corrected chi connectivity index (χ1v) is 10.8. The largest absolute Gasteiger partial charge is 0.469 e. The zero-order chi connectivity index (χ0) is 26.5. The van der Waals surface area contributed by atoms with Gasteiger partial charge in [-0.2, -0.15) is 0 Å². The Bertz CT molecular complexity index is 308. The maximum atomic E-state index is 10.2. The van der Waals surface area contributed by atoms with Gasteiger partial charge in [0.2, 0.25) is 0 Å². The van der Waals surface area contributed by atoms with Crippen molar-refractivity contribution in [3.8, 4) is 0 Å². The molecule has 0 aromatic carbocycles. The highest BCUT2D eigenvalue weighted by Gasteiger charge is 2.12. The minimum Gasteiger partial charge on any atom is -0.469 e. The lowest BCUT2D eigenvalue weighted by molar-refractivity contribution is -0.179. The third-order valence-electron chi connectivity index (χ3n) is 3.08. The van der Waals surface area contributed by atoms with Gasteiger partial charge >= 0.3 is 11.9 Å². The van der Waals surface area contributed by atoms with E-state index in [0.717, 1.165) is 0 Å². The molecule has 0 aromatic rings. The molecule has 0 unspecified atom stereocenters. The lowest BCUT2D eigenvalue weighted by atomic mass is 10.4. The van der Waals surface area contributed by atoms with Crippen molar-refractivity contribution >= 4 is 11.9 Å². The Hall–Kier alpha value is -1.22. The maximum absolute atomic E-state index is 10.2. The molecule has 0 fully saturated rings. The van der Waals surface area contributed by atoms with Crippen LogP contribution in [-0.4, -0.2) is 65.7 Å². The van der Waals surface area contributed by atoms with Crippen molar-refractivity contribution in [2.45, 2.75) is 101 Å². The second-order valence-electron chi connectivity index (χ2n) is 5.70. The summed E-state index contributed by atoms with van der Waals surface area (Å²) in [4.78, 5) is 20.1. The van der Waals surface area contributed by atoms with E-state index in [2.05, 4.69) is 9.47 Å². The molecule has 0 rings (SSSR count). The number of carbonyl (C=O) groups excluding carboxylic acids is 2. The van der Waals surface area contributed by atoms with Gasteiger partial charge in [0, 0.05) is 41.3 Å². The van der Waals surface area contributed by atoms with Gasteiger partial charge in [-0.25, -0.2) is 0 Å². The van der Waals surface area contributed by atoms with E-state index in [1.54, 1.807) is 49.2 Å². The maximum Gasteiger partial charge on any atom is 0.305 e. The van der Waals surface area contributed by atoms with Crippen molar-refractivity contribution in [3.05, 3.63) is 0 Å². The van der Waals surface area contributed by atoms with Gasteiger partial charge in [0.15, 0.2) is 11.6 Å². The van der Waals surface area contributed by atoms with E-state index in [4.69, 9.17) is 18.9 Å². The Morgan fingerprint density at radius 3 is 0.871 bits per heavy atom. The molecule has 0 saturated carbocycles. The van der Waals surface area contributed by atoms with E-state index < -0.39 is 11.6 Å². The van der Waals surface area contributed by atoms with Gasteiger partial charge in [0.25, 0.3) is 0 Å². The second kappa shape index (κ2) is 33.4. The summed E-state index contributed by atoms with van der Waals surface area (Å²) in [5.41, 5.74) is 0. The van der Waals surface area contributed by atoms with Gasteiger partial charge in [0.05, 0.1) is 13.7 Å². The number of methoxy groups -OCH3 is 5. The Morgan fingerprint density at radius 2 is 0.839 bits per heavy atom. The monoisotopic (exact) mass is 458 g/mol. The molecule has 0 heterocycles.